The van der Waals surface area contributed by atoms with E-state index in [1.165, 1.54) is 55.7 Å². The van der Waals surface area contributed by atoms with Gasteiger partial charge in [-0.3, -0.25) is 0 Å². The van der Waals surface area contributed by atoms with Gasteiger partial charge in [0.25, 0.3) is 0 Å². The van der Waals surface area contributed by atoms with E-state index in [1.54, 1.807) is 0 Å². The molecule has 0 unspecified atom stereocenters. The zero-order valence-electron chi connectivity index (χ0n) is 16.5. The van der Waals surface area contributed by atoms with Crippen LogP contribution in [-0.2, 0) is 26.2 Å². The van der Waals surface area contributed by atoms with E-state index in [0.29, 0.717) is 0 Å². The summed E-state index contributed by atoms with van der Waals surface area (Å²) >= 11 is 0. The van der Waals surface area contributed by atoms with E-state index in [9.17, 15) is 0 Å². The van der Waals surface area contributed by atoms with Crippen LogP contribution >= 0.6 is 0 Å². The fraction of sp³-hybridized carbons (Fsp3) is 0.154. The summed E-state index contributed by atoms with van der Waals surface area (Å²) in [5.41, 5.74) is 13.4. The van der Waals surface area contributed by atoms with Crippen LogP contribution in [0.15, 0.2) is 72.4 Å². The molecule has 0 N–H and O–H groups in total. The van der Waals surface area contributed by atoms with Crippen molar-refractivity contribution >= 4 is 16.7 Å². The quantitative estimate of drug-likeness (QED) is 0.466. The van der Waals surface area contributed by atoms with Gasteiger partial charge in [-0.15, -0.1) is 34.4 Å². The van der Waals surface area contributed by atoms with Gasteiger partial charge in [-0.25, -0.2) is 0 Å². The molecule has 2 aromatic rings. The number of rotatable bonds is 2. The Morgan fingerprint density at radius 1 is 0.759 bits per heavy atom. The Morgan fingerprint density at radius 2 is 1.38 bits per heavy atom. The molecule has 1 radical (unpaired) electrons. The van der Waals surface area contributed by atoms with Crippen molar-refractivity contribution in [1.29, 1.82) is 0 Å². The summed E-state index contributed by atoms with van der Waals surface area (Å²) in [6, 6.07) is 15.0. The van der Waals surface area contributed by atoms with Gasteiger partial charge in [0.05, 0.1) is 0 Å². The third-order valence-corrected chi connectivity index (χ3v) is 5.52. The smallest absolute Gasteiger partial charge is 1.00 e. The molecule has 3 aliphatic rings. The molecule has 5 rings (SSSR count). The molecule has 0 amide bonds. The van der Waals surface area contributed by atoms with E-state index in [2.05, 4.69) is 86.7 Å². The first-order chi connectivity index (χ1) is 12.7. The molecule has 3 heteroatoms. The summed E-state index contributed by atoms with van der Waals surface area (Å²) in [5.74, 6) is 0. The Hall–Kier alpha value is -1.40. The number of allylic oxidation sites excluding steroid dienone is 9. The number of fused-ring (bicyclic) bond motifs is 3. The molecule has 0 aromatic heterocycles. The first kappa shape index (κ1) is 23.9. The van der Waals surface area contributed by atoms with Crippen molar-refractivity contribution in [2.75, 3.05) is 0 Å². The second-order valence-electron chi connectivity index (χ2n) is 7.42. The topological polar surface area (TPSA) is 0 Å². The Bertz CT molecular complexity index is 1090. The molecule has 2 aromatic carbocycles. The summed E-state index contributed by atoms with van der Waals surface area (Å²) in [7, 11) is 0. The Morgan fingerprint density at radius 3 is 1.97 bits per heavy atom. The number of hydrogen-bond acceptors (Lipinski definition) is 0. The van der Waals surface area contributed by atoms with Gasteiger partial charge >= 0.3 is 26.2 Å². The molecule has 0 atom stereocenters. The van der Waals surface area contributed by atoms with Gasteiger partial charge in [0, 0.05) is 0 Å². The van der Waals surface area contributed by atoms with Crippen LogP contribution < -0.4 is 24.8 Å². The number of hydrogen-bond donors (Lipinski definition) is 0. The van der Waals surface area contributed by atoms with Crippen molar-refractivity contribution in [3.63, 3.8) is 0 Å². The van der Waals surface area contributed by atoms with Crippen molar-refractivity contribution in [2.24, 2.45) is 0 Å². The molecule has 3 aliphatic carbocycles. The second kappa shape index (κ2) is 9.61. The third-order valence-electron chi connectivity index (χ3n) is 5.52. The normalized spacial score (nSPS) is 14.9. The van der Waals surface area contributed by atoms with Gasteiger partial charge in [-0.05, 0) is 12.8 Å². The van der Waals surface area contributed by atoms with Gasteiger partial charge in [-0.2, -0.15) is 0 Å². The molecule has 0 fully saturated rings. The summed E-state index contributed by atoms with van der Waals surface area (Å²) in [6.07, 6.45) is 15.3. The van der Waals surface area contributed by atoms with E-state index >= 15 is 0 Å². The van der Waals surface area contributed by atoms with Crippen molar-refractivity contribution < 1.29 is 51.0 Å². The molecular formula is C26H21Cl2Zr. The van der Waals surface area contributed by atoms with Crippen molar-refractivity contribution in [3.05, 3.63) is 101 Å². The van der Waals surface area contributed by atoms with Crippen LogP contribution in [0, 0.1) is 6.07 Å². The summed E-state index contributed by atoms with van der Waals surface area (Å²) < 4.78 is 0. The third kappa shape index (κ3) is 3.98. The number of benzene rings is 2. The van der Waals surface area contributed by atoms with E-state index in [-0.39, 0.29) is 51.0 Å². The van der Waals surface area contributed by atoms with Gasteiger partial charge in [-0.1, -0.05) is 108 Å². The Kier molecular flexibility index (Phi) is 7.91. The van der Waals surface area contributed by atoms with Crippen LogP contribution in [0.25, 0.3) is 27.8 Å². The van der Waals surface area contributed by atoms with Gasteiger partial charge in [0.2, 0.25) is 0 Å². The van der Waals surface area contributed by atoms with Crippen LogP contribution in [0.2, 0.25) is 0 Å². The van der Waals surface area contributed by atoms with Crippen LogP contribution in [-0.4, -0.2) is 0 Å². The molecule has 0 bridgehead atoms. The average Bonchev–Trinajstić information content (AvgIpc) is 3.39. The maximum absolute atomic E-state index is 3.86. The molecule has 0 saturated carbocycles. The van der Waals surface area contributed by atoms with Crippen LogP contribution in [0.4, 0.5) is 0 Å². The van der Waals surface area contributed by atoms with E-state index < -0.39 is 0 Å². The van der Waals surface area contributed by atoms with E-state index in [1.807, 2.05) is 0 Å². The monoisotopic (exact) mass is 493 g/mol. The Labute approximate surface area is 205 Å². The fourth-order valence-electron chi connectivity index (χ4n) is 4.33. The van der Waals surface area contributed by atoms with Gasteiger partial charge in [0.1, 0.15) is 0 Å². The fourth-order valence-corrected chi connectivity index (χ4v) is 4.33. The maximum atomic E-state index is 3.86. The largest absolute Gasteiger partial charge is 3.00 e. The molecule has 0 nitrogen and oxygen atoms in total. The average molecular weight is 496 g/mol. The summed E-state index contributed by atoms with van der Waals surface area (Å²) in [6.45, 7) is 4.42. The van der Waals surface area contributed by atoms with Crippen LogP contribution in [0.1, 0.15) is 48.9 Å². The van der Waals surface area contributed by atoms with Gasteiger partial charge < -0.3 is 24.8 Å². The number of halogens is 2. The standard InChI is InChI=1S/C26H21.2ClH.Zr/c1-17(2)26-21-14-8-7-13-20(21)24-15-22(18-9-3-4-10-18)23(16-25(24)26)19-11-5-6-12-19;;;/h3-9,11,13-15H,10,12H2,1-2H3;2*1H;/q-1;;;+3/p-2. The van der Waals surface area contributed by atoms with Crippen molar-refractivity contribution in [1.82, 2.24) is 0 Å². The molecule has 143 valence electrons. The van der Waals surface area contributed by atoms with E-state index in [4.69, 9.17) is 0 Å². The summed E-state index contributed by atoms with van der Waals surface area (Å²) in [4.78, 5) is 0. The molecule has 0 spiro atoms. The predicted molar refractivity (Wildman–Crippen MR) is 112 cm³/mol. The minimum absolute atomic E-state index is 0. The van der Waals surface area contributed by atoms with Crippen molar-refractivity contribution in [2.45, 2.75) is 26.7 Å². The first-order valence-electron chi connectivity index (χ1n) is 9.34. The van der Waals surface area contributed by atoms with Crippen LogP contribution in [0.5, 0.6) is 0 Å². The zero-order valence-corrected chi connectivity index (χ0v) is 20.5. The molecule has 29 heavy (non-hydrogen) atoms. The maximum Gasteiger partial charge on any atom is 3.00 e. The zero-order chi connectivity index (χ0) is 17.7. The summed E-state index contributed by atoms with van der Waals surface area (Å²) in [5, 5.41) is 0. The SMILES string of the molecule is CC(C)=C1c2[c-]c(C3=CC=CC3)c(C3=CC=CC3)cc2-c2ccccc21.[Cl-].[Cl-].[Zr+3]. The van der Waals surface area contributed by atoms with Crippen molar-refractivity contribution in [3.8, 4) is 11.1 Å². The molecule has 0 heterocycles. The predicted octanol–water partition coefficient (Wildman–Crippen LogP) is 1.00. The Balaban J connectivity index is 0.000001000. The second-order valence-corrected chi connectivity index (χ2v) is 7.42. The first-order valence-corrected chi connectivity index (χ1v) is 9.34. The molecule has 0 saturated heterocycles. The minimum atomic E-state index is 0. The van der Waals surface area contributed by atoms with E-state index in [0.717, 1.165) is 12.8 Å². The minimum Gasteiger partial charge on any atom is -1.00 e. The van der Waals surface area contributed by atoms with Crippen LogP contribution in [0.3, 0.4) is 0 Å². The molecule has 0 aliphatic heterocycles. The van der Waals surface area contributed by atoms with Gasteiger partial charge in [0.15, 0.2) is 0 Å². The molecular weight excluding hydrogens is 474 g/mol.